The Balaban J connectivity index is 0.000000236. The second-order valence-corrected chi connectivity index (χ2v) is 11.2. The summed E-state index contributed by atoms with van der Waals surface area (Å²) in [4.78, 5) is 25.2. The average molecular weight is 551 g/mol. The number of carbonyl (C=O) groups is 2. The van der Waals surface area contributed by atoms with E-state index < -0.39 is 11.9 Å². The van der Waals surface area contributed by atoms with E-state index in [0.717, 1.165) is 17.6 Å². The molecule has 0 spiro atoms. The number of rotatable bonds is 10. The number of aliphatic carboxylic acids is 1. The maximum Gasteiger partial charge on any atom is 0.303 e. The van der Waals surface area contributed by atoms with Crippen molar-refractivity contribution in [1.29, 1.82) is 0 Å². The third-order valence-electron chi connectivity index (χ3n) is 8.26. The molecule has 40 heavy (non-hydrogen) atoms. The highest BCUT2D eigenvalue weighted by molar-refractivity contribution is 6.03. The van der Waals surface area contributed by atoms with Gasteiger partial charge in [0.2, 0.25) is 5.91 Å². The average Bonchev–Trinajstić information content (AvgIpc) is 2.97. The van der Waals surface area contributed by atoms with Gasteiger partial charge >= 0.3 is 5.97 Å². The van der Waals surface area contributed by atoms with E-state index in [1.54, 1.807) is 35.2 Å². The van der Waals surface area contributed by atoms with Gasteiger partial charge in [0.05, 0.1) is 12.0 Å². The molecule has 3 aliphatic rings. The van der Waals surface area contributed by atoms with Gasteiger partial charge in [-0.25, -0.2) is 4.39 Å². The molecule has 7 heteroatoms. The molecule has 5 rings (SSSR count). The number of hydrogen-bond acceptors (Lipinski definition) is 4. The summed E-state index contributed by atoms with van der Waals surface area (Å²) in [7, 11) is 0. The van der Waals surface area contributed by atoms with Crippen LogP contribution in [0.25, 0.3) is 0 Å². The number of carbonyl (C=O) groups excluding carboxylic acids is 1. The Bertz CT molecular complexity index is 1080. The van der Waals surface area contributed by atoms with E-state index in [2.05, 4.69) is 11.9 Å². The lowest BCUT2D eigenvalue weighted by Gasteiger charge is -2.47. The van der Waals surface area contributed by atoms with Crippen LogP contribution in [0.2, 0.25) is 0 Å². The van der Waals surface area contributed by atoms with Gasteiger partial charge in [-0.3, -0.25) is 9.59 Å². The Morgan fingerprint density at radius 1 is 0.950 bits per heavy atom. The maximum absolute atomic E-state index is 13.2. The molecule has 0 bridgehead atoms. The molecule has 1 saturated heterocycles. The number of carboxylic acids is 1. The Kier molecular flexibility index (Phi) is 11.2. The Morgan fingerprint density at radius 2 is 1.52 bits per heavy atom. The van der Waals surface area contributed by atoms with E-state index >= 15 is 0 Å². The summed E-state index contributed by atoms with van der Waals surface area (Å²) in [5.74, 6) is -1.21. The van der Waals surface area contributed by atoms with Crippen molar-refractivity contribution in [2.45, 2.75) is 95.2 Å². The predicted molar refractivity (Wildman–Crippen MR) is 156 cm³/mol. The lowest BCUT2D eigenvalue weighted by molar-refractivity contribution is -0.138. The van der Waals surface area contributed by atoms with E-state index in [0.29, 0.717) is 18.0 Å². The summed E-state index contributed by atoms with van der Waals surface area (Å²) in [6.07, 6.45) is 16.4. The summed E-state index contributed by atoms with van der Waals surface area (Å²) in [5, 5.41) is 12.8. The summed E-state index contributed by atoms with van der Waals surface area (Å²) < 4.78 is 18.7. The highest BCUT2D eigenvalue weighted by Crippen LogP contribution is 2.45. The molecule has 0 radical (unpaired) electrons. The van der Waals surface area contributed by atoms with Crippen molar-refractivity contribution in [3.63, 3.8) is 0 Å². The molecule has 6 nitrogen and oxygen atoms in total. The van der Waals surface area contributed by atoms with Crippen LogP contribution in [0, 0.1) is 11.7 Å². The standard InChI is InChI=1S/C21H20FNO4.C12H23N/c1-2-13-27-17-9-3-14(4-10-17)20-18(11-12-19(24)25)21(26)23(20)16-7-5-15(22)6-8-16;1-3-7-11(8-4-1)13-12-9-5-2-6-10-12/h2-10,18,20H,1,11-13H2,(H,24,25);11-13H,1-10H2. The minimum absolute atomic E-state index is 0.0787. The molecule has 2 unspecified atom stereocenters. The normalized spacial score (nSPS) is 21.6. The number of benzene rings is 2. The number of ether oxygens (including phenoxy) is 1. The summed E-state index contributed by atoms with van der Waals surface area (Å²) in [6, 6.07) is 14.5. The fraction of sp³-hybridized carbons (Fsp3) is 0.515. The van der Waals surface area contributed by atoms with Gasteiger partial charge in [0.25, 0.3) is 0 Å². The van der Waals surface area contributed by atoms with Crippen LogP contribution in [0.15, 0.2) is 61.2 Å². The largest absolute Gasteiger partial charge is 0.490 e. The molecule has 3 fully saturated rings. The van der Waals surface area contributed by atoms with Crippen molar-refractivity contribution in [2.24, 2.45) is 5.92 Å². The van der Waals surface area contributed by atoms with Crippen LogP contribution in [0.3, 0.4) is 0 Å². The summed E-state index contributed by atoms with van der Waals surface area (Å²) in [6.45, 7) is 4.00. The Labute approximate surface area is 237 Å². The second kappa shape index (κ2) is 15.0. The molecule has 2 aromatic carbocycles. The van der Waals surface area contributed by atoms with E-state index in [4.69, 9.17) is 9.84 Å². The molecule has 0 aromatic heterocycles. The van der Waals surface area contributed by atoms with Gasteiger partial charge in [-0.1, -0.05) is 63.3 Å². The third kappa shape index (κ3) is 8.17. The fourth-order valence-electron chi connectivity index (χ4n) is 6.17. The second-order valence-electron chi connectivity index (χ2n) is 11.2. The van der Waals surface area contributed by atoms with E-state index in [9.17, 15) is 14.0 Å². The monoisotopic (exact) mass is 550 g/mol. The number of hydrogen-bond donors (Lipinski definition) is 2. The zero-order valence-corrected chi connectivity index (χ0v) is 23.4. The molecule has 216 valence electrons. The summed E-state index contributed by atoms with van der Waals surface area (Å²) in [5.41, 5.74) is 1.46. The number of nitrogens with one attached hydrogen (secondary N) is 1. The van der Waals surface area contributed by atoms with Crippen LogP contribution in [-0.2, 0) is 9.59 Å². The van der Waals surface area contributed by atoms with Gasteiger partial charge in [-0.2, -0.15) is 0 Å². The molecule has 2 saturated carbocycles. The lowest BCUT2D eigenvalue weighted by atomic mass is 9.79. The van der Waals surface area contributed by atoms with E-state index in [1.807, 2.05) is 12.1 Å². The minimum atomic E-state index is -0.935. The number of nitrogens with zero attached hydrogens (tertiary/aromatic N) is 1. The molecule has 1 heterocycles. The van der Waals surface area contributed by atoms with Crippen molar-refractivity contribution in [3.05, 3.63) is 72.6 Å². The number of amides is 1. The topological polar surface area (TPSA) is 78.9 Å². The minimum Gasteiger partial charge on any atom is -0.490 e. The quantitative estimate of drug-likeness (QED) is 0.242. The number of β-lactam (4-membered cyclic amide) rings is 1. The van der Waals surface area contributed by atoms with Gasteiger partial charge < -0.3 is 20.1 Å². The first-order valence-corrected chi connectivity index (χ1v) is 14.9. The number of carboxylic acid groups (broad SMARTS) is 1. The van der Waals surface area contributed by atoms with Crippen LogP contribution < -0.4 is 15.0 Å². The smallest absolute Gasteiger partial charge is 0.303 e. The zero-order valence-electron chi connectivity index (χ0n) is 23.4. The molecular formula is C33H43FN2O4. The summed E-state index contributed by atoms with van der Waals surface area (Å²) >= 11 is 0. The van der Waals surface area contributed by atoms with Gasteiger partial charge in [0, 0.05) is 24.2 Å². The first-order chi connectivity index (χ1) is 19.5. The highest BCUT2D eigenvalue weighted by atomic mass is 19.1. The van der Waals surface area contributed by atoms with Crippen LogP contribution in [-0.4, -0.2) is 35.7 Å². The van der Waals surface area contributed by atoms with Crippen LogP contribution in [0.1, 0.15) is 88.7 Å². The Hall–Kier alpha value is -3.19. The van der Waals surface area contributed by atoms with Crippen LogP contribution in [0.5, 0.6) is 5.75 Å². The molecule has 2 aliphatic carbocycles. The first-order valence-electron chi connectivity index (χ1n) is 14.9. The van der Waals surface area contributed by atoms with Gasteiger partial charge in [-0.05, 0) is 74.1 Å². The highest BCUT2D eigenvalue weighted by Gasteiger charge is 2.48. The zero-order chi connectivity index (χ0) is 28.3. The van der Waals surface area contributed by atoms with Gasteiger partial charge in [0.15, 0.2) is 0 Å². The van der Waals surface area contributed by atoms with Gasteiger partial charge in [0.1, 0.15) is 18.2 Å². The van der Waals surface area contributed by atoms with Crippen molar-refractivity contribution >= 4 is 17.6 Å². The van der Waals surface area contributed by atoms with Crippen LogP contribution >= 0.6 is 0 Å². The van der Waals surface area contributed by atoms with Crippen LogP contribution in [0.4, 0.5) is 10.1 Å². The molecule has 2 N–H and O–H groups in total. The third-order valence-corrected chi connectivity index (χ3v) is 8.26. The lowest BCUT2D eigenvalue weighted by Crippen LogP contribution is -2.55. The molecule has 2 atom stereocenters. The van der Waals surface area contributed by atoms with Crippen molar-refractivity contribution in [3.8, 4) is 5.75 Å². The van der Waals surface area contributed by atoms with E-state index in [1.165, 1.54) is 76.3 Å². The maximum atomic E-state index is 13.2. The predicted octanol–water partition coefficient (Wildman–Crippen LogP) is 7.20. The molecule has 1 aliphatic heterocycles. The van der Waals surface area contributed by atoms with Crippen molar-refractivity contribution < 1.29 is 23.8 Å². The van der Waals surface area contributed by atoms with Gasteiger partial charge in [-0.15, -0.1) is 0 Å². The van der Waals surface area contributed by atoms with Crippen molar-refractivity contribution in [1.82, 2.24) is 5.32 Å². The molecule has 1 amide bonds. The van der Waals surface area contributed by atoms with E-state index in [-0.39, 0.29) is 30.6 Å². The van der Waals surface area contributed by atoms with Crippen molar-refractivity contribution in [2.75, 3.05) is 11.5 Å². The SMILES string of the molecule is C1CCC(NC2CCCCC2)CC1.C=CCOc1ccc(C2C(CCC(=O)O)C(=O)N2c2ccc(F)cc2)cc1. The molecule has 2 aromatic rings. The number of anilines is 1. The Morgan fingerprint density at radius 3 is 2.05 bits per heavy atom. The first kappa shape index (κ1) is 29.8. The molecular weight excluding hydrogens is 507 g/mol. The number of halogens is 1. The fourth-order valence-corrected chi connectivity index (χ4v) is 6.17.